The summed E-state index contributed by atoms with van der Waals surface area (Å²) in [4.78, 5) is 37.6. The number of para-hydroxylation sites is 1. The summed E-state index contributed by atoms with van der Waals surface area (Å²) in [5.41, 5.74) is 1.17. The van der Waals surface area contributed by atoms with Crippen molar-refractivity contribution in [3.63, 3.8) is 0 Å². The van der Waals surface area contributed by atoms with Crippen LogP contribution >= 0.6 is 0 Å². The van der Waals surface area contributed by atoms with Crippen molar-refractivity contribution in [1.82, 2.24) is 5.43 Å². The van der Waals surface area contributed by atoms with Crippen molar-refractivity contribution in [3.8, 4) is 28.7 Å². The number of nitrogen functional groups attached to an aromatic ring is 1. The monoisotopic (exact) mass is 449 g/mol. The van der Waals surface area contributed by atoms with Gasteiger partial charge in [0.1, 0.15) is 23.1 Å². The van der Waals surface area contributed by atoms with Crippen molar-refractivity contribution in [2.24, 2.45) is 5.84 Å². The Labute approximate surface area is 188 Å². The highest BCUT2D eigenvalue weighted by Crippen LogP contribution is 2.34. The summed E-state index contributed by atoms with van der Waals surface area (Å²) < 4.78 is 16.0. The Morgan fingerprint density at radius 1 is 1.09 bits per heavy atom. The second-order valence-corrected chi connectivity index (χ2v) is 6.97. The van der Waals surface area contributed by atoms with Gasteiger partial charge >= 0.3 is 11.9 Å². The van der Waals surface area contributed by atoms with Crippen LogP contribution in [-0.2, 0) is 4.74 Å². The molecule has 1 heterocycles. The van der Waals surface area contributed by atoms with E-state index in [9.17, 15) is 24.8 Å². The van der Waals surface area contributed by atoms with E-state index in [0.717, 1.165) is 12.1 Å². The third kappa shape index (κ3) is 4.68. The number of rotatable bonds is 6. The maximum absolute atomic E-state index is 12.8. The highest BCUT2D eigenvalue weighted by atomic mass is 16.6. The molecule has 4 N–H and O–H groups in total. The van der Waals surface area contributed by atoms with Crippen molar-refractivity contribution >= 4 is 17.8 Å². The second-order valence-electron chi connectivity index (χ2n) is 6.97. The Morgan fingerprint density at radius 3 is 2.48 bits per heavy atom. The normalized spacial score (nSPS) is 10.4. The molecular weight excluding hydrogens is 430 g/mol. The van der Waals surface area contributed by atoms with Crippen molar-refractivity contribution in [3.05, 3.63) is 71.2 Å². The standard InChI is InChI=1S/C23H19N3O7/c1-12(2)32-18-6-4-3-5-13(18)14-9-10-31-20(14)23(30)33-22(29)15-7-8-17(27)16(11-24)19(15)21(28)26-25/h3-10,12,27H,25H2,1-2H3,(H,26,28). The number of carbonyl (C=O) groups excluding carboxylic acids is 3. The summed E-state index contributed by atoms with van der Waals surface area (Å²) in [6, 6.07) is 12.1. The van der Waals surface area contributed by atoms with Crippen LogP contribution < -0.4 is 16.0 Å². The van der Waals surface area contributed by atoms with Crippen LogP contribution in [-0.4, -0.2) is 29.1 Å². The van der Waals surface area contributed by atoms with E-state index in [1.165, 1.54) is 12.3 Å². The van der Waals surface area contributed by atoms with Crippen LogP contribution in [0.1, 0.15) is 50.7 Å². The summed E-state index contributed by atoms with van der Waals surface area (Å²) in [6.45, 7) is 3.70. The number of benzene rings is 2. The van der Waals surface area contributed by atoms with Gasteiger partial charge in [0.15, 0.2) is 0 Å². The van der Waals surface area contributed by atoms with Gasteiger partial charge in [-0.1, -0.05) is 18.2 Å². The predicted octanol–water partition coefficient (Wildman–Crippen LogP) is 2.91. The van der Waals surface area contributed by atoms with Crippen LogP contribution in [0.25, 0.3) is 11.1 Å². The number of esters is 2. The molecule has 0 bridgehead atoms. The number of hydrogen-bond donors (Lipinski definition) is 3. The van der Waals surface area contributed by atoms with Gasteiger partial charge in [-0.25, -0.2) is 15.4 Å². The fourth-order valence-electron chi connectivity index (χ4n) is 3.09. The molecule has 0 saturated carbocycles. The minimum Gasteiger partial charge on any atom is -0.507 e. The quantitative estimate of drug-likeness (QED) is 0.169. The van der Waals surface area contributed by atoms with Gasteiger partial charge in [-0.15, -0.1) is 0 Å². The fraction of sp³-hybridized carbons (Fsp3) is 0.130. The first-order chi connectivity index (χ1) is 15.8. The van der Waals surface area contributed by atoms with E-state index in [4.69, 9.17) is 19.7 Å². The van der Waals surface area contributed by atoms with Gasteiger partial charge in [-0.05, 0) is 38.1 Å². The molecule has 10 nitrogen and oxygen atoms in total. The average Bonchev–Trinajstić information content (AvgIpc) is 3.28. The van der Waals surface area contributed by atoms with Gasteiger partial charge in [0.25, 0.3) is 5.91 Å². The molecule has 10 heteroatoms. The number of nitrogens with one attached hydrogen (secondary N) is 1. The summed E-state index contributed by atoms with van der Waals surface area (Å²) in [7, 11) is 0. The molecule has 1 amide bonds. The number of carbonyl (C=O) groups is 3. The number of furan rings is 1. The molecule has 0 unspecified atom stereocenters. The van der Waals surface area contributed by atoms with Crippen LogP contribution in [0.2, 0.25) is 0 Å². The van der Waals surface area contributed by atoms with Crippen LogP contribution in [0.15, 0.2) is 53.1 Å². The molecule has 0 spiro atoms. The molecule has 1 aromatic heterocycles. The van der Waals surface area contributed by atoms with Crippen molar-refractivity contribution in [1.29, 1.82) is 5.26 Å². The van der Waals surface area contributed by atoms with E-state index in [1.54, 1.807) is 35.8 Å². The smallest absolute Gasteiger partial charge is 0.382 e. The number of amides is 1. The number of nitrogens with two attached hydrogens (primary N) is 1. The van der Waals surface area contributed by atoms with Gasteiger partial charge in [0, 0.05) is 11.1 Å². The number of phenols is 1. The topological polar surface area (TPSA) is 165 Å². The molecule has 2 aromatic carbocycles. The minimum atomic E-state index is -1.25. The lowest BCUT2D eigenvalue weighted by Gasteiger charge is -2.14. The van der Waals surface area contributed by atoms with E-state index < -0.39 is 40.3 Å². The summed E-state index contributed by atoms with van der Waals surface area (Å²) in [6.07, 6.45) is 1.12. The van der Waals surface area contributed by atoms with Gasteiger partial charge in [0.2, 0.25) is 5.76 Å². The molecule has 0 aliphatic heterocycles. The maximum Gasteiger partial charge on any atom is 0.382 e. The zero-order chi connectivity index (χ0) is 24.1. The Morgan fingerprint density at radius 2 is 1.82 bits per heavy atom. The Balaban J connectivity index is 1.96. The number of ether oxygens (including phenoxy) is 2. The number of aromatic hydroxyl groups is 1. The predicted molar refractivity (Wildman–Crippen MR) is 114 cm³/mol. The van der Waals surface area contributed by atoms with Crippen molar-refractivity contribution < 1.29 is 33.4 Å². The molecule has 0 atom stereocenters. The summed E-state index contributed by atoms with van der Waals surface area (Å²) in [5, 5.41) is 19.1. The first-order valence-corrected chi connectivity index (χ1v) is 9.65. The zero-order valence-corrected chi connectivity index (χ0v) is 17.6. The highest BCUT2D eigenvalue weighted by Gasteiger charge is 2.28. The number of nitriles is 1. The number of hydrazine groups is 1. The molecule has 0 aliphatic carbocycles. The fourth-order valence-corrected chi connectivity index (χ4v) is 3.09. The van der Waals surface area contributed by atoms with Crippen LogP contribution in [0.3, 0.4) is 0 Å². The first-order valence-electron chi connectivity index (χ1n) is 9.65. The Hall–Kier alpha value is -4.62. The minimum absolute atomic E-state index is 0.133. The van der Waals surface area contributed by atoms with Gasteiger partial charge in [-0.3, -0.25) is 10.2 Å². The lowest BCUT2D eigenvalue weighted by molar-refractivity contribution is 0.0374. The van der Waals surface area contributed by atoms with Gasteiger partial charge < -0.3 is 19.0 Å². The molecule has 3 aromatic rings. The van der Waals surface area contributed by atoms with E-state index in [0.29, 0.717) is 16.9 Å². The van der Waals surface area contributed by atoms with Crippen molar-refractivity contribution in [2.45, 2.75) is 20.0 Å². The highest BCUT2D eigenvalue weighted by molar-refractivity contribution is 6.11. The van der Waals surface area contributed by atoms with E-state index in [1.807, 2.05) is 13.8 Å². The van der Waals surface area contributed by atoms with Crippen LogP contribution in [0, 0.1) is 11.3 Å². The number of phenolic OH excluding ortho intramolecular Hbond substituents is 1. The molecule has 0 saturated heterocycles. The molecular formula is C23H19N3O7. The van der Waals surface area contributed by atoms with Crippen LogP contribution in [0.4, 0.5) is 0 Å². The SMILES string of the molecule is CC(C)Oc1ccccc1-c1ccoc1C(=O)OC(=O)c1ccc(O)c(C#N)c1C(=O)NN. The largest absolute Gasteiger partial charge is 0.507 e. The third-order valence-corrected chi connectivity index (χ3v) is 4.45. The van der Waals surface area contributed by atoms with Crippen molar-refractivity contribution in [2.75, 3.05) is 0 Å². The molecule has 168 valence electrons. The molecule has 33 heavy (non-hydrogen) atoms. The molecule has 0 radical (unpaired) electrons. The van der Waals surface area contributed by atoms with E-state index in [2.05, 4.69) is 0 Å². The average molecular weight is 449 g/mol. The van der Waals surface area contributed by atoms with Gasteiger partial charge in [-0.2, -0.15) is 5.26 Å². The second kappa shape index (κ2) is 9.67. The molecule has 0 aliphatic rings. The third-order valence-electron chi connectivity index (χ3n) is 4.45. The molecule has 3 rings (SSSR count). The lowest BCUT2D eigenvalue weighted by atomic mass is 10.00. The first kappa shape index (κ1) is 23.1. The molecule has 0 fully saturated rings. The van der Waals surface area contributed by atoms with E-state index >= 15 is 0 Å². The zero-order valence-electron chi connectivity index (χ0n) is 17.6. The van der Waals surface area contributed by atoms with Gasteiger partial charge in [0.05, 0.1) is 23.5 Å². The summed E-state index contributed by atoms with van der Waals surface area (Å²) in [5.74, 6) is 1.39. The number of nitrogens with zero attached hydrogens (tertiary/aromatic N) is 1. The van der Waals surface area contributed by atoms with Crippen LogP contribution in [0.5, 0.6) is 11.5 Å². The summed E-state index contributed by atoms with van der Waals surface area (Å²) >= 11 is 0. The lowest BCUT2D eigenvalue weighted by Crippen LogP contribution is -2.32. The maximum atomic E-state index is 12.8. The Kier molecular flexibility index (Phi) is 6.76. The van der Waals surface area contributed by atoms with E-state index in [-0.39, 0.29) is 11.9 Å². The Bertz CT molecular complexity index is 1270. The number of hydrogen-bond acceptors (Lipinski definition) is 9.